The number of nitrogens with zero attached hydrogens (tertiary/aromatic N) is 2. The second kappa shape index (κ2) is 7.15. The Morgan fingerprint density at radius 2 is 1.94 bits per heavy atom. The number of aryl methyl sites for hydroxylation is 2. The van der Waals surface area contributed by atoms with E-state index in [1.807, 2.05) is 11.7 Å². The Balaban J connectivity index is 2.50. The minimum absolute atomic E-state index is 0.517. The van der Waals surface area contributed by atoms with Crippen molar-refractivity contribution in [1.29, 1.82) is 0 Å². The molecule has 1 atom stereocenters. The van der Waals surface area contributed by atoms with Gasteiger partial charge in [0, 0.05) is 19.6 Å². The fourth-order valence-corrected chi connectivity index (χ4v) is 2.33. The molecule has 3 nitrogen and oxygen atoms in total. The minimum Gasteiger partial charge on any atom is -0.309 e. The predicted octanol–water partition coefficient (Wildman–Crippen LogP) is 3.55. The van der Waals surface area contributed by atoms with E-state index < -0.39 is 0 Å². The van der Waals surface area contributed by atoms with Crippen LogP contribution in [0.25, 0.3) is 0 Å². The predicted molar refractivity (Wildman–Crippen MR) is 78.0 cm³/mol. The molecule has 0 spiro atoms. The first kappa shape index (κ1) is 15.5. The van der Waals surface area contributed by atoms with Crippen LogP contribution < -0.4 is 5.32 Å². The van der Waals surface area contributed by atoms with Gasteiger partial charge in [0.15, 0.2) is 0 Å². The van der Waals surface area contributed by atoms with Crippen LogP contribution in [0.15, 0.2) is 0 Å². The lowest BCUT2D eigenvalue weighted by Gasteiger charge is -2.15. The maximum Gasteiger partial charge on any atom is 0.0863 e. The summed E-state index contributed by atoms with van der Waals surface area (Å²) in [6, 6.07) is 0.517. The molecule has 0 aliphatic heterocycles. The first-order valence-corrected chi connectivity index (χ1v) is 7.27. The van der Waals surface area contributed by atoms with Gasteiger partial charge in [-0.05, 0) is 32.1 Å². The van der Waals surface area contributed by atoms with Crippen LogP contribution in [-0.4, -0.2) is 15.8 Å². The number of hydrogen-bond donors (Lipinski definition) is 1. The normalized spacial score (nSPS) is 13.3. The minimum atomic E-state index is 0.517. The molecule has 18 heavy (non-hydrogen) atoms. The van der Waals surface area contributed by atoms with Gasteiger partial charge in [0.1, 0.15) is 0 Å². The average molecular weight is 272 g/mol. The van der Waals surface area contributed by atoms with E-state index in [2.05, 4.69) is 38.1 Å². The van der Waals surface area contributed by atoms with Gasteiger partial charge in [-0.25, -0.2) is 0 Å². The lowest BCUT2D eigenvalue weighted by atomic mass is 10.0. The van der Waals surface area contributed by atoms with Gasteiger partial charge in [0.25, 0.3) is 0 Å². The first-order chi connectivity index (χ1) is 8.45. The van der Waals surface area contributed by atoms with Crippen LogP contribution in [0.1, 0.15) is 51.9 Å². The Bertz CT molecular complexity index is 371. The van der Waals surface area contributed by atoms with Gasteiger partial charge in [-0.3, -0.25) is 4.68 Å². The molecule has 1 rings (SSSR count). The van der Waals surface area contributed by atoms with Crippen molar-refractivity contribution in [2.24, 2.45) is 13.0 Å². The highest BCUT2D eigenvalue weighted by Gasteiger charge is 2.13. The highest BCUT2D eigenvalue weighted by molar-refractivity contribution is 6.31. The van der Waals surface area contributed by atoms with Gasteiger partial charge >= 0.3 is 0 Å². The fraction of sp³-hybridized carbons (Fsp3) is 0.786. The zero-order valence-corrected chi connectivity index (χ0v) is 13.0. The molecule has 0 aromatic carbocycles. The molecule has 4 heteroatoms. The molecule has 1 N–H and O–H groups in total. The Morgan fingerprint density at radius 1 is 1.28 bits per heavy atom. The molecule has 104 valence electrons. The third-order valence-electron chi connectivity index (χ3n) is 3.30. The lowest BCUT2D eigenvalue weighted by molar-refractivity contribution is 0.444. The van der Waals surface area contributed by atoms with E-state index in [4.69, 9.17) is 11.6 Å². The van der Waals surface area contributed by atoms with Crippen molar-refractivity contribution >= 4 is 11.6 Å². The van der Waals surface area contributed by atoms with E-state index in [-0.39, 0.29) is 0 Å². The smallest absolute Gasteiger partial charge is 0.0863 e. The fourth-order valence-electron chi connectivity index (χ4n) is 1.97. The summed E-state index contributed by atoms with van der Waals surface area (Å²) in [6.07, 6.45) is 3.34. The van der Waals surface area contributed by atoms with Crippen molar-refractivity contribution in [2.45, 2.75) is 59.5 Å². The summed E-state index contributed by atoms with van der Waals surface area (Å²) < 4.78 is 1.89. The number of hydrogen-bond acceptors (Lipinski definition) is 2. The van der Waals surface area contributed by atoms with Crippen LogP contribution in [0.3, 0.4) is 0 Å². The first-order valence-electron chi connectivity index (χ1n) is 6.89. The van der Waals surface area contributed by atoms with E-state index in [0.717, 1.165) is 35.3 Å². The summed E-state index contributed by atoms with van der Waals surface area (Å²) in [5.74, 6) is 0.765. The van der Waals surface area contributed by atoms with E-state index in [0.29, 0.717) is 6.04 Å². The van der Waals surface area contributed by atoms with E-state index >= 15 is 0 Å². The largest absolute Gasteiger partial charge is 0.309 e. The van der Waals surface area contributed by atoms with Crippen LogP contribution in [-0.2, 0) is 20.0 Å². The topological polar surface area (TPSA) is 29.9 Å². The molecular formula is C14H26ClN3. The average Bonchev–Trinajstić information content (AvgIpc) is 2.59. The second-order valence-electron chi connectivity index (χ2n) is 5.44. The molecule has 1 heterocycles. The standard InChI is InChI=1S/C14H26ClN3/c1-6-12-14(15)13(18(5)17-12)9-16-11(4)8-7-10(2)3/h10-11,16H,6-9H2,1-5H3. The molecule has 1 aromatic rings. The van der Waals surface area contributed by atoms with Crippen LogP contribution in [0.4, 0.5) is 0 Å². The van der Waals surface area contributed by atoms with E-state index in [1.54, 1.807) is 0 Å². The van der Waals surface area contributed by atoms with Crippen molar-refractivity contribution in [3.63, 3.8) is 0 Å². The molecule has 0 amide bonds. The van der Waals surface area contributed by atoms with Crippen LogP contribution in [0.5, 0.6) is 0 Å². The molecule has 0 aliphatic carbocycles. The van der Waals surface area contributed by atoms with Crippen molar-refractivity contribution in [2.75, 3.05) is 0 Å². The molecule has 0 saturated carbocycles. The van der Waals surface area contributed by atoms with E-state index in [9.17, 15) is 0 Å². The van der Waals surface area contributed by atoms with Gasteiger partial charge in [-0.2, -0.15) is 5.10 Å². The van der Waals surface area contributed by atoms with Gasteiger partial charge in [0.2, 0.25) is 0 Å². The molecule has 1 unspecified atom stereocenters. The third-order valence-corrected chi connectivity index (χ3v) is 3.73. The van der Waals surface area contributed by atoms with Gasteiger partial charge in [0.05, 0.1) is 16.4 Å². The van der Waals surface area contributed by atoms with Crippen molar-refractivity contribution in [1.82, 2.24) is 15.1 Å². The van der Waals surface area contributed by atoms with Crippen molar-refractivity contribution < 1.29 is 0 Å². The Labute approximate surface area is 116 Å². The number of rotatable bonds is 7. The Kier molecular flexibility index (Phi) is 6.16. The monoisotopic (exact) mass is 271 g/mol. The molecule has 0 bridgehead atoms. The summed E-state index contributed by atoms with van der Waals surface area (Å²) in [5, 5.41) is 8.78. The van der Waals surface area contributed by atoms with E-state index in [1.165, 1.54) is 12.8 Å². The zero-order valence-electron chi connectivity index (χ0n) is 12.3. The van der Waals surface area contributed by atoms with Crippen LogP contribution in [0, 0.1) is 5.92 Å². The molecule has 0 saturated heterocycles. The summed E-state index contributed by atoms with van der Waals surface area (Å²) in [6.45, 7) is 9.63. The van der Waals surface area contributed by atoms with Gasteiger partial charge < -0.3 is 5.32 Å². The number of aromatic nitrogens is 2. The van der Waals surface area contributed by atoms with Crippen molar-refractivity contribution in [3.05, 3.63) is 16.4 Å². The highest BCUT2D eigenvalue weighted by Crippen LogP contribution is 2.20. The molecule has 0 aliphatic rings. The lowest BCUT2D eigenvalue weighted by Crippen LogP contribution is -2.26. The maximum atomic E-state index is 6.32. The molecule has 0 radical (unpaired) electrons. The summed E-state index contributed by atoms with van der Waals surface area (Å²) in [5.41, 5.74) is 2.08. The van der Waals surface area contributed by atoms with Crippen molar-refractivity contribution in [3.8, 4) is 0 Å². The summed E-state index contributed by atoms with van der Waals surface area (Å²) in [7, 11) is 1.96. The second-order valence-corrected chi connectivity index (χ2v) is 5.82. The Morgan fingerprint density at radius 3 is 2.44 bits per heavy atom. The zero-order chi connectivity index (χ0) is 13.7. The summed E-state index contributed by atoms with van der Waals surface area (Å²) in [4.78, 5) is 0. The van der Waals surface area contributed by atoms with Gasteiger partial charge in [-0.15, -0.1) is 0 Å². The third kappa shape index (κ3) is 4.29. The Hall–Kier alpha value is -0.540. The molecule has 0 fully saturated rings. The quantitative estimate of drug-likeness (QED) is 0.822. The van der Waals surface area contributed by atoms with Gasteiger partial charge in [-0.1, -0.05) is 32.4 Å². The number of halogens is 1. The SMILES string of the molecule is CCc1nn(C)c(CNC(C)CCC(C)C)c1Cl. The van der Waals surface area contributed by atoms with Crippen LogP contribution >= 0.6 is 11.6 Å². The molecular weight excluding hydrogens is 246 g/mol. The number of nitrogens with one attached hydrogen (secondary N) is 1. The summed E-state index contributed by atoms with van der Waals surface area (Å²) >= 11 is 6.32. The van der Waals surface area contributed by atoms with Crippen LogP contribution in [0.2, 0.25) is 5.02 Å². The maximum absolute atomic E-state index is 6.32. The highest BCUT2D eigenvalue weighted by atomic mass is 35.5. The molecule has 1 aromatic heterocycles.